The monoisotopic (exact) mass is 378 g/mol. The fourth-order valence-electron chi connectivity index (χ4n) is 3.01. The van der Waals surface area contributed by atoms with E-state index in [-0.39, 0.29) is 17.4 Å². The number of pyridine rings is 1. The van der Waals surface area contributed by atoms with Gasteiger partial charge >= 0.3 is 0 Å². The molecule has 146 valence electrons. The number of hydrogen-bond donors (Lipinski definition) is 1. The predicted octanol–water partition coefficient (Wildman–Crippen LogP) is 4.36. The highest BCUT2D eigenvalue weighted by molar-refractivity contribution is 5.76. The van der Waals surface area contributed by atoms with E-state index in [1.54, 1.807) is 12.4 Å². The van der Waals surface area contributed by atoms with Crippen molar-refractivity contribution in [1.82, 2.24) is 20.4 Å². The summed E-state index contributed by atoms with van der Waals surface area (Å²) in [5.74, 6) is 0.934. The zero-order chi connectivity index (χ0) is 20.0. The Morgan fingerprint density at radius 3 is 2.50 bits per heavy atom. The Morgan fingerprint density at radius 1 is 1.11 bits per heavy atom. The Balaban J connectivity index is 1.60. The van der Waals surface area contributed by atoms with Crippen molar-refractivity contribution >= 4 is 5.91 Å². The molecular formula is C22H26N4O2. The molecule has 3 aromatic rings. The van der Waals surface area contributed by atoms with Gasteiger partial charge in [-0.1, -0.05) is 56.3 Å². The van der Waals surface area contributed by atoms with Crippen molar-refractivity contribution in [2.24, 2.45) is 5.41 Å². The summed E-state index contributed by atoms with van der Waals surface area (Å²) in [6.45, 7) is 6.52. The molecule has 1 amide bonds. The van der Waals surface area contributed by atoms with Crippen LogP contribution in [0.3, 0.4) is 0 Å². The van der Waals surface area contributed by atoms with E-state index in [2.05, 4.69) is 53.3 Å². The van der Waals surface area contributed by atoms with Gasteiger partial charge in [-0.15, -0.1) is 0 Å². The van der Waals surface area contributed by atoms with Crippen molar-refractivity contribution in [3.8, 4) is 11.4 Å². The minimum absolute atomic E-state index is 0.0243. The van der Waals surface area contributed by atoms with Gasteiger partial charge in [-0.25, -0.2) is 0 Å². The number of hydrogen-bond acceptors (Lipinski definition) is 5. The van der Waals surface area contributed by atoms with E-state index < -0.39 is 0 Å². The normalized spacial score (nSPS) is 12.5. The third-order valence-corrected chi connectivity index (χ3v) is 4.33. The first-order valence-corrected chi connectivity index (χ1v) is 9.48. The van der Waals surface area contributed by atoms with Crippen LogP contribution in [0.25, 0.3) is 11.4 Å². The number of amides is 1. The SMILES string of the molecule is CC(C)(C)CC(NC(=O)CCc1nc(-c2ccncc2)no1)c1ccccc1. The van der Waals surface area contributed by atoms with Gasteiger partial charge in [0.15, 0.2) is 0 Å². The van der Waals surface area contributed by atoms with Gasteiger partial charge in [0.2, 0.25) is 17.6 Å². The van der Waals surface area contributed by atoms with Crippen LogP contribution < -0.4 is 5.32 Å². The molecule has 0 fully saturated rings. The molecule has 0 aliphatic rings. The summed E-state index contributed by atoms with van der Waals surface area (Å²) in [5.41, 5.74) is 2.05. The lowest BCUT2D eigenvalue weighted by molar-refractivity contribution is -0.122. The van der Waals surface area contributed by atoms with Crippen LogP contribution in [0, 0.1) is 5.41 Å². The second-order valence-corrected chi connectivity index (χ2v) is 8.04. The van der Waals surface area contributed by atoms with Gasteiger partial charge in [0.25, 0.3) is 0 Å². The number of aryl methyl sites for hydroxylation is 1. The number of carbonyl (C=O) groups excluding carboxylic acids is 1. The summed E-state index contributed by atoms with van der Waals surface area (Å²) in [5, 5.41) is 7.14. The molecule has 0 saturated heterocycles. The highest BCUT2D eigenvalue weighted by Crippen LogP contribution is 2.29. The summed E-state index contributed by atoms with van der Waals surface area (Å²) in [7, 11) is 0. The van der Waals surface area contributed by atoms with Crippen LogP contribution in [-0.2, 0) is 11.2 Å². The molecule has 1 N–H and O–H groups in total. The molecular weight excluding hydrogens is 352 g/mol. The van der Waals surface area contributed by atoms with Crippen molar-refractivity contribution in [2.45, 2.75) is 46.1 Å². The maximum absolute atomic E-state index is 12.6. The Morgan fingerprint density at radius 2 is 1.82 bits per heavy atom. The smallest absolute Gasteiger partial charge is 0.227 e. The minimum atomic E-state index is -0.0261. The van der Waals surface area contributed by atoms with Crippen molar-refractivity contribution in [1.29, 1.82) is 0 Å². The quantitative estimate of drug-likeness (QED) is 0.661. The third kappa shape index (κ3) is 5.74. The molecule has 28 heavy (non-hydrogen) atoms. The minimum Gasteiger partial charge on any atom is -0.349 e. The largest absolute Gasteiger partial charge is 0.349 e. The molecule has 2 heterocycles. The molecule has 3 rings (SSSR count). The number of rotatable bonds is 7. The molecule has 0 spiro atoms. The third-order valence-electron chi connectivity index (χ3n) is 4.33. The predicted molar refractivity (Wildman–Crippen MR) is 107 cm³/mol. The fraction of sp³-hybridized carbons (Fsp3) is 0.364. The summed E-state index contributed by atoms with van der Waals surface area (Å²) in [4.78, 5) is 20.9. The van der Waals surface area contributed by atoms with Gasteiger partial charge < -0.3 is 9.84 Å². The average Bonchev–Trinajstić information content (AvgIpc) is 3.15. The number of nitrogens with zero attached hydrogens (tertiary/aromatic N) is 3. The maximum Gasteiger partial charge on any atom is 0.227 e. The molecule has 6 nitrogen and oxygen atoms in total. The van der Waals surface area contributed by atoms with Gasteiger partial charge in [-0.2, -0.15) is 4.98 Å². The first-order chi connectivity index (χ1) is 13.4. The van der Waals surface area contributed by atoms with E-state index in [9.17, 15) is 4.79 Å². The van der Waals surface area contributed by atoms with Crippen LogP contribution in [0.5, 0.6) is 0 Å². The highest BCUT2D eigenvalue weighted by Gasteiger charge is 2.22. The molecule has 1 atom stereocenters. The van der Waals surface area contributed by atoms with Gasteiger partial charge in [0.1, 0.15) is 0 Å². The van der Waals surface area contributed by atoms with Crippen LogP contribution in [-0.4, -0.2) is 21.0 Å². The first kappa shape index (κ1) is 19.7. The van der Waals surface area contributed by atoms with Gasteiger partial charge in [0.05, 0.1) is 6.04 Å². The van der Waals surface area contributed by atoms with Crippen LogP contribution >= 0.6 is 0 Å². The second-order valence-electron chi connectivity index (χ2n) is 8.04. The molecule has 0 aliphatic carbocycles. The maximum atomic E-state index is 12.6. The topological polar surface area (TPSA) is 80.9 Å². The number of nitrogens with one attached hydrogen (secondary N) is 1. The Hall–Kier alpha value is -3.02. The van der Waals surface area contributed by atoms with E-state index in [4.69, 9.17) is 4.52 Å². The molecule has 2 aromatic heterocycles. The summed E-state index contributed by atoms with van der Waals surface area (Å²) in [6.07, 6.45) is 4.91. The van der Waals surface area contributed by atoms with Crippen molar-refractivity contribution in [3.63, 3.8) is 0 Å². The lowest BCUT2D eigenvalue weighted by Gasteiger charge is -2.27. The molecule has 1 aromatic carbocycles. The van der Waals surface area contributed by atoms with Crippen LogP contribution in [0.1, 0.15) is 51.1 Å². The van der Waals surface area contributed by atoms with E-state index in [1.165, 1.54) is 0 Å². The highest BCUT2D eigenvalue weighted by atomic mass is 16.5. The standard InChI is InChI=1S/C22H26N4O2/c1-22(2,3)15-18(16-7-5-4-6-8-16)24-19(27)9-10-20-25-21(26-28-20)17-11-13-23-14-12-17/h4-8,11-14,18H,9-10,15H2,1-3H3,(H,24,27). The average molecular weight is 378 g/mol. The Labute approximate surface area is 165 Å². The van der Waals surface area contributed by atoms with Gasteiger partial charge in [-0.05, 0) is 29.5 Å². The van der Waals surface area contributed by atoms with Crippen LogP contribution in [0.2, 0.25) is 0 Å². The fourth-order valence-corrected chi connectivity index (χ4v) is 3.01. The van der Waals surface area contributed by atoms with Gasteiger partial charge in [0, 0.05) is 30.8 Å². The van der Waals surface area contributed by atoms with E-state index in [0.29, 0.717) is 24.6 Å². The van der Waals surface area contributed by atoms with Crippen molar-refractivity contribution < 1.29 is 9.32 Å². The molecule has 1 unspecified atom stereocenters. The number of benzene rings is 1. The summed E-state index contributed by atoms with van der Waals surface area (Å²) < 4.78 is 5.28. The van der Waals surface area contributed by atoms with E-state index in [1.807, 2.05) is 30.3 Å². The molecule has 0 aliphatic heterocycles. The lowest BCUT2D eigenvalue weighted by Crippen LogP contribution is -2.31. The zero-order valence-corrected chi connectivity index (χ0v) is 16.6. The number of aromatic nitrogens is 3. The summed E-state index contributed by atoms with van der Waals surface area (Å²) in [6, 6.07) is 13.7. The van der Waals surface area contributed by atoms with E-state index in [0.717, 1.165) is 17.5 Å². The number of carbonyl (C=O) groups is 1. The first-order valence-electron chi connectivity index (χ1n) is 9.48. The molecule has 6 heteroatoms. The van der Waals surface area contributed by atoms with E-state index >= 15 is 0 Å². The van der Waals surface area contributed by atoms with Crippen LogP contribution in [0.15, 0.2) is 59.4 Å². The van der Waals surface area contributed by atoms with Crippen LogP contribution in [0.4, 0.5) is 0 Å². The molecule has 0 bridgehead atoms. The molecule has 0 saturated carbocycles. The lowest BCUT2D eigenvalue weighted by atomic mass is 9.85. The molecule has 0 radical (unpaired) electrons. The summed E-state index contributed by atoms with van der Waals surface area (Å²) >= 11 is 0. The van der Waals surface area contributed by atoms with Gasteiger partial charge in [-0.3, -0.25) is 9.78 Å². The Bertz CT molecular complexity index is 886. The van der Waals surface area contributed by atoms with Crippen molar-refractivity contribution in [3.05, 3.63) is 66.3 Å². The zero-order valence-electron chi connectivity index (χ0n) is 16.6. The van der Waals surface area contributed by atoms with Crippen molar-refractivity contribution in [2.75, 3.05) is 0 Å². The second kappa shape index (κ2) is 8.78. The Kier molecular flexibility index (Phi) is 6.19.